The molecule has 2 rings (SSSR count). The van der Waals surface area contributed by atoms with E-state index < -0.39 is 0 Å². The van der Waals surface area contributed by atoms with Gasteiger partial charge < -0.3 is 10.4 Å². The zero-order chi connectivity index (χ0) is 13.1. The number of nitrogens with one attached hydrogen (secondary N) is 1. The molecule has 0 aliphatic heterocycles. The molecule has 2 N–H and O–H groups in total. The van der Waals surface area contributed by atoms with Crippen molar-refractivity contribution >= 4 is 27.3 Å². The van der Waals surface area contributed by atoms with Gasteiger partial charge in [-0.05, 0) is 30.4 Å². The molecular weight excluding hydrogens is 246 g/mol. The molecule has 0 radical (unpaired) electrons. The van der Waals surface area contributed by atoms with E-state index in [9.17, 15) is 4.79 Å². The first-order valence-corrected chi connectivity index (χ1v) is 6.88. The average molecular weight is 263 g/mol. The highest BCUT2D eigenvalue weighted by Gasteiger charge is 2.17. The summed E-state index contributed by atoms with van der Waals surface area (Å²) in [5, 5.41) is 13.1. The first-order valence-electron chi connectivity index (χ1n) is 6.07. The van der Waals surface area contributed by atoms with Crippen molar-refractivity contribution in [1.29, 1.82) is 0 Å². The van der Waals surface area contributed by atoms with Gasteiger partial charge in [0, 0.05) is 4.70 Å². The largest absolute Gasteiger partial charge is 0.394 e. The zero-order valence-electron chi connectivity index (χ0n) is 10.6. The number of rotatable bonds is 4. The second-order valence-corrected chi connectivity index (χ2v) is 5.37. The third-order valence-electron chi connectivity index (χ3n) is 3.10. The Bertz CT molecular complexity index is 558. The lowest BCUT2D eigenvalue weighted by molar-refractivity contribution is 0.0918. The summed E-state index contributed by atoms with van der Waals surface area (Å²) in [5.74, 6) is -0.0883. The lowest BCUT2D eigenvalue weighted by Crippen LogP contribution is -2.36. The summed E-state index contributed by atoms with van der Waals surface area (Å²) in [4.78, 5) is 12.9. The maximum Gasteiger partial charge on any atom is 0.261 e. The fourth-order valence-corrected chi connectivity index (χ4v) is 3.03. The lowest BCUT2D eigenvalue weighted by Gasteiger charge is -2.13. The zero-order valence-corrected chi connectivity index (χ0v) is 11.4. The predicted molar refractivity (Wildman–Crippen MR) is 75.2 cm³/mol. The van der Waals surface area contributed by atoms with E-state index in [2.05, 4.69) is 5.32 Å². The molecule has 1 amide bonds. The molecule has 0 bridgehead atoms. The van der Waals surface area contributed by atoms with Gasteiger partial charge in [-0.2, -0.15) is 0 Å². The molecule has 1 atom stereocenters. The Morgan fingerprint density at radius 1 is 1.44 bits per heavy atom. The van der Waals surface area contributed by atoms with Crippen LogP contribution in [0, 0.1) is 6.92 Å². The number of benzene rings is 1. The molecular formula is C14H17NO2S. The van der Waals surface area contributed by atoms with Gasteiger partial charge >= 0.3 is 0 Å². The number of aliphatic hydroxyl groups is 1. The first kappa shape index (κ1) is 13.1. The maximum absolute atomic E-state index is 12.2. The van der Waals surface area contributed by atoms with Crippen molar-refractivity contribution in [3.05, 3.63) is 34.7 Å². The molecule has 0 saturated heterocycles. The van der Waals surface area contributed by atoms with Crippen LogP contribution in [-0.2, 0) is 0 Å². The minimum absolute atomic E-state index is 0.0216. The summed E-state index contributed by atoms with van der Waals surface area (Å²) in [7, 11) is 0. The molecule has 2 aromatic rings. The first-order chi connectivity index (χ1) is 8.67. The van der Waals surface area contributed by atoms with E-state index in [1.807, 2.05) is 38.1 Å². The molecule has 0 saturated carbocycles. The summed E-state index contributed by atoms with van der Waals surface area (Å²) in [6.07, 6.45) is 0.728. The fourth-order valence-electron chi connectivity index (χ4n) is 1.92. The van der Waals surface area contributed by atoms with Gasteiger partial charge in [-0.1, -0.05) is 25.1 Å². The summed E-state index contributed by atoms with van der Waals surface area (Å²) >= 11 is 1.50. The summed E-state index contributed by atoms with van der Waals surface area (Å²) in [5.41, 5.74) is 1.01. The number of hydrogen-bond donors (Lipinski definition) is 2. The number of hydrogen-bond acceptors (Lipinski definition) is 3. The SMILES string of the molecule is CCC(CO)NC(=O)c1sc2ccccc2c1C. The van der Waals surface area contributed by atoms with Crippen molar-refractivity contribution in [2.75, 3.05) is 6.61 Å². The normalized spacial score (nSPS) is 12.6. The van der Waals surface area contributed by atoms with Crippen molar-refractivity contribution in [3.8, 4) is 0 Å². The fraction of sp³-hybridized carbons (Fsp3) is 0.357. The monoisotopic (exact) mass is 263 g/mol. The van der Waals surface area contributed by atoms with E-state index in [1.54, 1.807) is 0 Å². The number of fused-ring (bicyclic) bond motifs is 1. The average Bonchev–Trinajstić information content (AvgIpc) is 2.74. The topological polar surface area (TPSA) is 49.3 Å². The number of carbonyl (C=O) groups is 1. The van der Waals surface area contributed by atoms with E-state index in [4.69, 9.17) is 5.11 Å². The van der Waals surface area contributed by atoms with Crippen LogP contribution in [0.2, 0.25) is 0 Å². The van der Waals surface area contributed by atoms with Crippen molar-refractivity contribution in [2.24, 2.45) is 0 Å². The smallest absolute Gasteiger partial charge is 0.261 e. The van der Waals surface area contributed by atoms with Gasteiger partial charge in [0.25, 0.3) is 5.91 Å². The minimum Gasteiger partial charge on any atom is -0.394 e. The van der Waals surface area contributed by atoms with Crippen LogP contribution < -0.4 is 5.32 Å². The lowest BCUT2D eigenvalue weighted by atomic mass is 10.1. The van der Waals surface area contributed by atoms with Gasteiger partial charge in [0.2, 0.25) is 0 Å². The second-order valence-electron chi connectivity index (χ2n) is 4.31. The molecule has 1 heterocycles. The van der Waals surface area contributed by atoms with Gasteiger partial charge in [-0.25, -0.2) is 0 Å². The van der Waals surface area contributed by atoms with Gasteiger partial charge in [0.15, 0.2) is 0 Å². The number of amides is 1. The molecule has 4 heteroatoms. The molecule has 1 aromatic heterocycles. The Morgan fingerprint density at radius 2 is 2.17 bits per heavy atom. The highest BCUT2D eigenvalue weighted by atomic mass is 32.1. The van der Waals surface area contributed by atoms with Gasteiger partial charge in [-0.3, -0.25) is 4.79 Å². The van der Waals surface area contributed by atoms with Gasteiger partial charge in [0.1, 0.15) is 0 Å². The summed E-state index contributed by atoms with van der Waals surface area (Å²) in [6.45, 7) is 3.89. The van der Waals surface area contributed by atoms with Crippen LogP contribution in [0.1, 0.15) is 28.6 Å². The number of thiophene rings is 1. The second kappa shape index (κ2) is 5.50. The van der Waals surface area contributed by atoms with Crippen molar-refractivity contribution in [1.82, 2.24) is 5.32 Å². The number of carbonyl (C=O) groups excluding carboxylic acids is 1. The summed E-state index contributed by atoms with van der Waals surface area (Å²) in [6, 6.07) is 7.84. The van der Waals surface area contributed by atoms with Gasteiger partial charge in [-0.15, -0.1) is 11.3 Å². The van der Waals surface area contributed by atoms with E-state index in [0.717, 1.165) is 26.9 Å². The molecule has 18 heavy (non-hydrogen) atoms. The van der Waals surface area contributed by atoms with Crippen LogP contribution in [0.25, 0.3) is 10.1 Å². The van der Waals surface area contributed by atoms with Crippen molar-refractivity contribution < 1.29 is 9.90 Å². The highest BCUT2D eigenvalue weighted by Crippen LogP contribution is 2.30. The molecule has 96 valence electrons. The Morgan fingerprint density at radius 3 is 2.78 bits per heavy atom. The Kier molecular flexibility index (Phi) is 3.99. The van der Waals surface area contributed by atoms with E-state index in [1.165, 1.54) is 11.3 Å². The van der Waals surface area contributed by atoms with Gasteiger partial charge in [0.05, 0.1) is 17.5 Å². The highest BCUT2D eigenvalue weighted by molar-refractivity contribution is 7.21. The Hall–Kier alpha value is -1.39. The Balaban J connectivity index is 2.30. The molecule has 0 fully saturated rings. The van der Waals surface area contributed by atoms with E-state index in [-0.39, 0.29) is 18.6 Å². The molecule has 0 spiro atoms. The van der Waals surface area contributed by atoms with Crippen molar-refractivity contribution in [2.45, 2.75) is 26.3 Å². The summed E-state index contributed by atoms with van der Waals surface area (Å²) < 4.78 is 1.12. The van der Waals surface area contributed by atoms with Crippen molar-refractivity contribution in [3.63, 3.8) is 0 Å². The molecule has 0 aliphatic carbocycles. The number of aryl methyl sites for hydroxylation is 1. The van der Waals surface area contributed by atoms with Crippen LogP contribution in [0.3, 0.4) is 0 Å². The Labute approximate surface area is 110 Å². The quantitative estimate of drug-likeness (QED) is 0.891. The predicted octanol–water partition coefficient (Wildman–Crippen LogP) is 2.71. The van der Waals surface area contributed by atoms with Crippen LogP contribution >= 0.6 is 11.3 Å². The minimum atomic E-state index is -0.165. The third-order valence-corrected chi connectivity index (χ3v) is 4.37. The number of aliphatic hydroxyl groups excluding tert-OH is 1. The van der Waals surface area contributed by atoms with Crippen LogP contribution in [0.5, 0.6) is 0 Å². The van der Waals surface area contributed by atoms with E-state index >= 15 is 0 Å². The van der Waals surface area contributed by atoms with Crippen LogP contribution in [0.4, 0.5) is 0 Å². The van der Waals surface area contributed by atoms with Crippen LogP contribution in [0.15, 0.2) is 24.3 Å². The molecule has 1 unspecified atom stereocenters. The molecule has 0 aliphatic rings. The standard InChI is InChI=1S/C14H17NO2S/c1-3-10(8-16)15-14(17)13-9(2)11-6-4-5-7-12(11)18-13/h4-7,10,16H,3,8H2,1-2H3,(H,15,17). The molecule has 1 aromatic carbocycles. The maximum atomic E-state index is 12.2. The van der Waals surface area contributed by atoms with Crippen LogP contribution in [-0.4, -0.2) is 23.7 Å². The third kappa shape index (κ3) is 2.40. The van der Waals surface area contributed by atoms with E-state index in [0.29, 0.717) is 0 Å². The molecule has 3 nitrogen and oxygen atoms in total.